The average molecular weight is 289 g/mol. The molecular formula is C11H10ClFN2O2S. The fourth-order valence-corrected chi connectivity index (χ4v) is 2.72. The van der Waals surface area contributed by atoms with Crippen molar-refractivity contribution in [3.05, 3.63) is 47.5 Å². The summed E-state index contributed by atoms with van der Waals surface area (Å²) in [6, 6.07) is 6.03. The molecule has 0 spiro atoms. The third kappa shape index (κ3) is 2.70. The first-order valence-corrected chi connectivity index (χ1v) is 7.40. The van der Waals surface area contributed by atoms with Crippen molar-refractivity contribution in [3.8, 4) is 0 Å². The lowest BCUT2D eigenvalue weighted by Gasteiger charge is -2.05. The van der Waals surface area contributed by atoms with E-state index in [9.17, 15) is 12.8 Å². The second kappa shape index (κ2) is 4.70. The summed E-state index contributed by atoms with van der Waals surface area (Å²) in [5, 5.41) is 3.94. The van der Waals surface area contributed by atoms with E-state index >= 15 is 0 Å². The standard InChI is InChI=1S/C11H10ClFN2O2S/c1-8-11(18(12,16)17)6-14-15(8)7-9-3-2-4-10(13)5-9/h2-6H,7H2,1H3. The van der Waals surface area contributed by atoms with E-state index in [1.807, 2.05) is 0 Å². The summed E-state index contributed by atoms with van der Waals surface area (Å²) < 4.78 is 36.9. The minimum atomic E-state index is -3.80. The number of nitrogens with zero attached hydrogens (tertiary/aromatic N) is 2. The molecule has 7 heteroatoms. The number of aromatic nitrogens is 2. The molecule has 96 valence electrons. The summed E-state index contributed by atoms with van der Waals surface area (Å²) in [5.74, 6) is -0.345. The highest BCUT2D eigenvalue weighted by Crippen LogP contribution is 2.19. The van der Waals surface area contributed by atoms with Gasteiger partial charge in [-0.2, -0.15) is 5.10 Å². The van der Waals surface area contributed by atoms with E-state index in [1.165, 1.54) is 23.0 Å². The lowest BCUT2D eigenvalue weighted by Crippen LogP contribution is -2.05. The normalized spacial score (nSPS) is 11.7. The van der Waals surface area contributed by atoms with Crippen molar-refractivity contribution in [3.63, 3.8) is 0 Å². The maximum Gasteiger partial charge on any atom is 0.264 e. The molecule has 2 aromatic rings. The fourth-order valence-electron chi connectivity index (χ4n) is 1.64. The Balaban J connectivity index is 2.34. The van der Waals surface area contributed by atoms with Gasteiger partial charge in [0.25, 0.3) is 9.05 Å². The van der Waals surface area contributed by atoms with Gasteiger partial charge in [0, 0.05) is 10.7 Å². The Hall–Kier alpha value is -1.40. The van der Waals surface area contributed by atoms with Crippen LogP contribution in [0.2, 0.25) is 0 Å². The van der Waals surface area contributed by atoms with Crippen LogP contribution >= 0.6 is 10.7 Å². The first-order valence-electron chi connectivity index (χ1n) is 5.09. The number of rotatable bonds is 3. The number of hydrogen-bond acceptors (Lipinski definition) is 3. The van der Waals surface area contributed by atoms with Crippen LogP contribution in [0.25, 0.3) is 0 Å². The molecular weight excluding hydrogens is 279 g/mol. The number of hydrogen-bond donors (Lipinski definition) is 0. The van der Waals surface area contributed by atoms with Gasteiger partial charge in [-0.05, 0) is 24.6 Å². The van der Waals surface area contributed by atoms with Crippen LogP contribution in [0.5, 0.6) is 0 Å². The van der Waals surface area contributed by atoms with E-state index in [-0.39, 0.29) is 17.3 Å². The average Bonchev–Trinajstić information content (AvgIpc) is 2.60. The Labute approximate surface area is 108 Å². The molecule has 0 saturated heterocycles. The third-order valence-electron chi connectivity index (χ3n) is 2.54. The molecule has 2 rings (SSSR count). The van der Waals surface area contributed by atoms with Gasteiger partial charge in [0.1, 0.15) is 10.7 Å². The van der Waals surface area contributed by atoms with E-state index in [0.717, 1.165) is 0 Å². The van der Waals surface area contributed by atoms with Crippen molar-refractivity contribution in [2.75, 3.05) is 0 Å². The van der Waals surface area contributed by atoms with Crippen LogP contribution in [0, 0.1) is 12.7 Å². The van der Waals surface area contributed by atoms with Crippen LogP contribution < -0.4 is 0 Å². The minimum Gasteiger partial charge on any atom is -0.264 e. The monoisotopic (exact) mass is 288 g/mol. The highest BCUT2D eigenvalue weighted by molar-refractivity contribution is 8.13. The smallest absolute Gasteiger partial charge is 0.264 e. The summed E-state index contributed by atoms with van der Waals surface area (Å²) in [6.45, 7) is 1.89. The van der Waals surface area contributed by atoms with Gasteiger partial charge in [-0.1, -0.05) is 12.1 Å². The molecule has 18 heavy (non-hydrogen) atoms. The van der Waals surface area contributed by atoms with Crippen molar-refractivity contribution in [1.29, 1.82) is 0 Å². The van der Waals surface area contributed by atoms with Gasteiger partial charge in [-0.3, -0.25) is 4.68 Å². The van der Waals surface area contributed by atoms with E-state index in [0.29, 0.717) is 11.3 Å². The summed E-state index contributed by atoms with van der Waals surface area (Å²) >= 11 is 0. The molecule has 0 bridgehead atoms. The molecule has 1 heterocycles. The van der Waals surface area contributed by atoms with Gasteiger partial charge in [-0.25, -0.2) is 12.8 Å². The van der Waals surface area contributed by atoms with E-state index < -0.39 is 9.05 Å². The highest BCUT2D eigenvalue weighted by Gasteiger charge is 2.18. The van der Waals surface area contributed by atoms with Gasteiger partial charge in [0.15, 0.2) is 0 Å². The molecule has 0 N–H and O–H groups in total. The minimum absolute atomic E-state index is 0.0273. The number of benzene rings is 1. The largest absolute Gasteiger partial charge is 0.264 e. The molecule has 4 nitrogen and oxygen atoms in total. The molecule has 0 aliphatic heterocycles. The molecule has 0 atom stereocenters. The van der Waals surface area contributed by atoms with Gasteiger partial charge in [0.05, 0.1) is 18.4 Å². The molecule has 0 amide bonds. The molecule has 0 saturated carbocycles. The molecule has 0 radical (unpaired) electrons. The van der Waals surface area contributed by atoms with Crippen LogP contribution in [-0.4, -0.2) is 18.2 Å². The van der Waals surface area contributed by atoms with Crippen LogP contribution in [0.15, 0.2) is 35.4 Å². The van der Waals surface area contributed by atoms with E-state index in [4.69, 9.17) is 10.7 Å². The van der Waals surface area contributed by atoms with Crippen LogP contribution in [0.3, 0.4) is 0 Å². The lowest BCUT2D eigenvalue weighted by molar-refractivity contribution is 0.606. The van der Waals surface area contributed by atoms with Crippen LogP contribution in [0.1, 0.15) is 11.3 Å². The SMILES string of the molecule is Cc1c(S(=O)(=O)Cl)cnn1Cc1cccc(F)c1. The maximum atomic E-state index is 13.0. The zero-order valence-corrected chi connectivity index (χ0v) is 11.0. The molecule has 0 aliphatic rings. The van der Waals surface area contributed by atoms with Crippen molar-refractivity contribution >= 4 is 19.7 Å². The zero-order chi connectivity index (χ0) is 13.3. The molecule has 0 fully saturated rings. The van der Waals surface area contributed by atoms with E-state index in [2.05, 4.69) is 5.10 Å². The van der Waals surface area contributed by atoms with Gasteiger partial charge < -0.3 is 0 Å². The second-order valence-corrected chi connectivity index (χ2v) is 6.35. The van der Waals surface area contributed by atoms with Crippen molar-refractivity contribution < 1.29 is 12.8 Å². The van der Waals surface area contributed by atoms with Gasteiger partial charge >= 0.3 is 0 Å². The highest BCUT2D eigenvalue weighted by atomic mass is 35.7. The summed E-state index contributed by atoms with van der Waals surface area (Å²) in [6.07, 6.45) is 1.19. The Morgan fingerprint density at radius 3 is 2.72 bits per heavy atom. The Bertz CT molecular complexity index is 682. The molecule has 1 aromatic heterocycles. The van der Waals surface area contributed by atoms with Gasteiger partial charge in [0.2, 0.25) is 0 Å². The summed E-state index contributed by atoms with van der Waals surface area (Å²) in [4.78, 5) is -0.0273. The van der Waals surface area contributed by atoms with Crippen molar-refractivity contribution in [1.82, 2.24) is 9.78 Å². The molecule has 0 aliphatic carbocycles. The molecule has 1 aromatic carbocycles. The van der Waals surface area contributed by atoms with Crippen molar-refractivity contribution in [2.45, 2.75) is 18.4 Å². The Morgan fingerprint density at radius 1 is 1.44 bits per heavy atom. The first-order chi connectivity index (χ1) is 8.38. The first kappa shape index (κ1) is 13.0. The summed E-state index contributed by atoms with van der Waals surface area (Å²) in [5.41, 5.74) is 1.12. The fraction of sp³-hybridized carbons (Fsp3) is 0.182. The van der Waals surface area contributed by atoms with Crippen LogP contribution in [-0.2, 0) is 15.6 Å². The molecule has 0 unspecified atom stereocenters. The summed E-state index contributed by atoms with van der Waals surface area (Å²) in [7, 11) is 1.47. The van der Waals surface area contributed by atoms with Crippen LogP contribution in [0.4, 0.5) is 4.39 Å². The predicted molar refractivity (Wildman–Crippen MR) is 65.5 cm³/mol. The number of halogens is 2. The Morgan fingerprint density at radius 2 is 2.17 bits per heavy atom. The van der Waals surface area contributed by atoms with Gasteiger partial charge in [-0.15, -0.1) is 0 Å². The second-order valence-electron chi connectivity index (χ2n) is 3.82. The predicted octanol–water partition coefficient (Wildman–Crippen LogP) is 2.31. The quantitative estimate of drug-likeness (QED) is 0.815. The van der Waals surface area contributed by atoms with E-state index in [1.54, 1.807) is 19.1 Å². The lowest BCUT2D eigenvalue weighted by atomic mass is 10.2. The Kier molecular flexibility index (Phi) is 3.41. The third-order valence-corrected chi connectivity index (χ3v) is 3.97. The maximum absolute atomic E-state index is 13.0. The zero-order valence-electron chi connectivity index (χ0n) is 9.47. The topological polar surface area (TPSA) is 52.0 Å². The van der Waals surface area contributed by atoms with Crippen molar-refractivity contribution in [2.24, 2.45) is 0 Å².